The summed E-state index contributed by atoms with van der Waals surface area (Å²) in [6.45, 7) is 0.291. The zero-order valence-electron chi connectivity index (χ0n) is 9.40. The predicted molar refractivity (Wildman–Crippen MR) is 67.6 cm³/mol. The van der Waals surface area contributed by atoms with Crippen molar-refractivity contribution in [2.24, 2.45) is 0 Å². The Morgan fingerprint density at radius 1 is 1.17 bits per heavy atom. The molecule has 0 spiro atoms. The summed E-state index contributed by atoms with van der Waals surface area (Å²) in [4.78, 5) is 10.6. The minimum absolute atomic E-state index is 0.251. The molecule has 0 aliphatic heterocycles. The molecule has 0 N–H and O–H groups in total. The second-order valence-corrected chi connectivity index (χ2v) is 4.19. The van der Waals surface area contributed by atoms with E-state index in [9.17, 15) is 9.18 Å². The second kappa shape index (κ2) is 5.65. The maximum absolute atomic E-state index is 13.1. The summed E-state index contributed by atoms with van der Waals surface area (Å²) in [5, 5.41) is 0.646. The smallest absolute Gasteiger partial charge is 0.150 e. The molecule has 18 heavy (non-hydrogen) atoms. The molecule has 2 aromatic carbocycles. The molecule has 0 aliphatic rings. The quantitative estimate of drug-likeness (QED) is 0.784. The molecule has 0 amide bonds. The molecular formula is C14H10ClFO2. The van der Waals surface area contributed by atoms with E-state index in [1.54, 1.807) is 12.1 Å². The fourth-order valence-corrected chi connectivity index (χ4v) is 1.61. The van der Waals surface area contributed by atoms with Gasteiger partial charge in [-0.25, -0.2) is 4.39 Å². The van der Waals surface area contributed by atoms with E-state index in [1.165, 1.54) is 12.1 Å². The van der Waals surface area contributed by atoms with Crippen LogP contribution >= 0.6 is 11.6 Å². The van der Waals surface area contributed by atoms with Gasteiger partial charge in [-0.3, -0.25) is 4.79 Å². The number of hydrogen-bond donors (Lipinski definition) is 0. The SMILES string of the molecule is O=Cc1cc(F)cc(OCc2ccc(Cl)cc2)c1. The third-order valence-electron chi connectivity index (χ3n) is 2.35. The molecule has 2 rings (SSSR count). The molecule has 0 heterocycles. The van der Waals surface area contributed by atoms with Crippen molar-refractivity contribution in [1.29, 1.82) is 0 Å². The van der Waals surface area contributed by atoms with Gasteiger partial charge in [0.1, 0.15) is 24.5 Å². The van der Waals surface area contributed by atoms with Crippen LogP contribution in [0.15, 0.2) is 42.5 Å². The lowest BCUT2D eigenvalue weighted by Crippen LogP contribution is -1.96. The molecule has 2 aromatic rings. The molecule has 0 bridgehead atoms. The molecule has 2 nitrogen and oxygen atoms in total. The normalized spacial score (nSPS) is 10.1. The van der Waals surface area contributed by atoms with Gasteiger partial charge in [0.15, 0.2) is 0 Å². The topological polar surface area (TPSA) is 26.3 Å². The van der Waals surface area contributed by atoms with E-state index < -0.39 is 5.82 Å². The van der Waals surface area contributed by atoms with Crippen molar-refractivity contribution in [3.8, 4) is 5.75 Å². The van der Waals surface area contributed by atoms with Crippen LogP contribution in [-0.2, 0) is 6.61 Å². The summed E-state index contributed by atoms with van der Waals surface area (Å²) >= 11 is 5.76. The number of hydrogen-bond acceptors (Lipinski definition) is 2. The first kappa shape index (κ1) is 12.6. The van der Waals surface area contributed by atoms with Gasteiger partial charge in [0.25, 0.3) is 0 Å². The highest BCUT2D eigenvalue weighted by Crippen LogP contribution is 2.17. The molecular weight excluding hydrogens is 255 g/mol. The van der Waals surface area contributed by atoms with Crippen LogP contribution in [0.4, 0.5) is 4.39 Å². The molecule has 0 saturated heterocycles. The van der Waals surface area contributed by atoms with Crippen LogP contribution in [0, 0.1) is 5.82 Å². The van der Waals surface area contributed by atoms with E-state index >= 15 is 0 Å². The van der Waals surface area contributed by atoms with Crippen LogP contribution in [0.25, 0.3) is 0 Å². The van der Waals surface area contributed by atoms with Gasteiger partial charge in [-0.05, 0) is 29.8 Å². The highest BCUT2D eigenvalue weighted by atomic mass is 35.5. The van der Waals surface area contributed by atoms with E-state index in [1.807, 2.05) is 12.1 Å². The van der Waals surface area contributed by atoms with Gasteiger partial charge in [-0.1, -0.05) is 23.7 Å². The van der Waals surface area contributed by atoms with Gasteiger partial charge in [-0.2, -0.15) is 0 Å². The van der Waals surface area contributed by atoms with Gasteiger partial charge in [0, 0.05) is 16.7 Å². The average Bonchev–Trinajstić information content (AvgIpc) is 2.37. The third-order valence-corrected chi connectivity index (χ3v) is 2.60. The number of carbonyl (C=O) groups excluding carboxylic acids is 1. The largest absolute Gasteiger partial charge is 0.489 e. The minimum Gasteiger partial charge on any atom is -0.489 e. The fourth-order valence-electron chi connectivity index (χ4n) is 1.48. The Morgan fingerprint density at radius 3 is 2.56 bits per heavy atom. The standard InChI is InChI=1S/C14H10ClFO2/c15-12-3-1-10(2-4-12)9-18-14-6-11(8-17)5-13(16)7-14/h1-8H,9H2. The van der Waals surface area contributed by atoms with Crippen molar-refractivity contribution in [3.63, 3.8) is 0 Å². The first-order valence-electron chi connectivity index (χ1n) is 5.30. The van der Waals surface area contributed by atoms with E-state index in [0.717, 1.165) is 11.6 Å². The lowest BCUT2D eigenvalue weighted by atomic mass is 10.2. The molecule has 0 saturated carbocycles. The maximum atomic E-state index is 13.1. The van der Waals surface area contributed by atoms with E-state index in [-0.39, 0.29) is 5.56 Å². The van der Waals surface area contributed by atoms with E-state index in [4.69, 9.17) is 16.3 Å². The number of rotatable bonds is 4. The molecule has 0 atom stereocenters. The average molecular weight is 265 g/mol. The minimum atomic E-state index is -0.495. The van der Waals surface area contributed by atoms with Crippen LogP contribution in [0.3, 0.4) is 0 Å². The second-order valence-electron chi connectivity index (χ2n) is 3.75. The summed E-state index contributed by atoms with van der Waals surface area (Å²) < 4.78 is 18.6. The predicted octanol–water partition coefficient (Wildman–Crippen LogP) is 3.87. The Balaban J connectivity index is 2.08. The lowest BCUT2D eigenvalue weighted by Gasteiger charge is -2.07. The third kappa shape index (κ3) is 3.31. The van der Waals surface area contributed by atoms with Crippen LogP contribution in [0.5, 0.6) is 5.75 Å². The molecule has 4 heteroatoms. The first-order chi connectivity index (χ1) is 8.67. The molecule has 0 unspecified atom stereocenters. The highest BCUT2D eigenvalue weighted by molar-refractivity contribution is 6.30. The lowest BCUT2D eigenvalue weighted by molar-refractivity contribution is 0.112. The van der Waals surface area contributed by atoms with Gasteiger partial charge in [-0.15, -0.1) is 0 Å². The van der Waals surface area contributed by atoms with Gasteiger partial charge in [0.05, 0.1) is 0 Å². The zero-order chi connectivity index (χ0) is 13.0. The Labute approximate surface area is 109 Å². The Morgan fingerprint density at radius 2 is 1.89 bits per heavy atom. The van der Waals surface area contributed by atoms with Crippen molar-refractivity contribution in [1.82, 2.24) is 0 Å². The summed E-state index contributed by atoms with van der Waals surface area (Å²) in [7, 11) is 0. The van der Waals surface area contributed by atoms with Crippen molar-refractivity contribution in [2.45, 2.75) is 6.61 Å². The first-order valence-corrected chi connectivity index (χ1v) is 5.68. The van der Waals surface area contributed by atoms with Crippen molar-refractivity contribution >= 4 is 17.9 Å². The summed E-state index contributed by atoms with van der Waals surface area (Å²) in [5.74, 6) is -0.169. The highest BCUT2D eigenvalue weighted by Gasteiger charge is 2.02. The van der Waals surface area contributed by atoms with Crippen molar-refractivity contribution < 1.29 is 13.9 Å². The maximum Gasteiger partial charge on any atom is 0.150 e. The van der Waals surface area contributed by atoms with Gasteiger partial charge in [0.2, 0.25) is 0 Å². The monoisotopic (exact) mass is 264 g/mol. The van der Waals surface area contributed by atoms with Crippen molar-refractivity contribution in [2.75, 3.05) is 0 Å². The summed E-state index contributed by atoms with van der Waals surface area (Å²) in [5.41, 5.74) is 1.16. The molecule has 0 aromatic heterocycles. The number of aldehydes is 1. The number of halogens is 2. The molecule has 0 fully saturated rings. The summed E-state index contributed by atoms with van der Waals surface area (Å²) in [6.07, 6.45) is 0.582. The van der Waals surface area contributed by atoms with E-state index in [0.29, 0.717) is 23.7 Å². The molecule has 0 aliphatic carbocycles. The molecule has 0 radical (unpaired) electrons. The van der Waals surface area contributed by atoms with Crippen LogP contribution in [-0.4, -0.2) is 6.29 Å². The van der Waals surface area contributed by atoms with Gasteiger partial charge >= 0.3 is 0 Å². The Kier molecular flexibility index (Phi) is 3.95. The van der Waals surface area contributed by atoms with Crippen LogP contribution < -0.4 is 4.74 Å². The Bertz CT molecular complexity index is 552. The summed E-state index contributed by atoms with van der Waals surface area (Å²) in [6, 6.07) is 11.0. The van der Waals surface area contributed by atoms with Crippen molar-refractivity contribution in [3.05, 3.63) is 64.4 Å². The fraction of sp³-hybridized carbons (Fsp3) is 0.0714. The Hall–Kier alpha value is -1.87. The van der Waals surface area contributed by atoms with Crippen LogP contribution in [0.2, 0.25) is 5.02 Å². The zero-order valence-corrected chi connectivity index (χ0v) is 10.2. The molecule has 92 valence electrons. The van der Waals surface area contributed by atoms with E-state index in [2.05, 4.69) is 0 Å². The number of ether oxygens (including phenoxy) is 1. The van der Waals surface area contributed by atoms with Crippen LogP contribution in [0.1, 0.15) is 15.9 Å². The van der Waals surface area contributed by atoms with Gasteiger partial charge < -0.3 is 4.74 Å². The number of carbonyl (C=O) groups is 1. The number of benzene rings is 2.